The molecular formula is C26H21ClFN5O2. The van der Waals surface area contributed by atoms with Crippen molar-refractivity contribution >= 4 is 39.2 Å². The second-order valence-corrected chi connectivity index (χ2v) is 9.29. The molecule has 2 aliphatic heterocycles. The first kappa shape index (κ1) is 21.8. The fourth-order valence-corrected chi connectivity index (χ4v) is 5.49. The van der Waals surface area contributed by atoms with Crippen molar-refractivity contribution in [2.45, 2.75) is 24.9 Å². The van der Waals surface area contributed by atoms with Crippen molar-refractivity contribution in [2.75, 3.05) is 25.1 Å². The van der Waals surface area contributed by atoms with Gasteiger partial charge in [0.05, 0.1) is 18.2 Å². The molecule has 9 heteroatoms. The van der Waals surface area contributed by atoms with Crippen LogP contribution in [0.5, 0.6) is 11.8 Å². The summed E-state index contributed by atoms with van der Waals surface area (Å²) < 4.78 is 20.0. The van der Waals surface area contributed by atoms with Gasteiger partial charge in [-0.3, -0.25) is 0 Å². The maximum absolute atomic E-state index is 14.6. The normalized spacial score (nSPS) is 19.3. The molecule has 4 heterocycles. The molecule has 0 aliphatic carbocycles. The third-order valence-electron chi connectivity index (χ3n) is 6.77. The Hall–Kier alpha value is -3.67. The molecule has 2 aromatic carbocycles. The predicted molar refractivity (Wildman–Crippen MR) is 134 cm³/mol. The number of benzene rings is 2. The highest BCUT2D eigenvalue weighted by molar-refractivity contribution is 6.33. The van der Waals surface area contributed by atoms with E-state index in [4.69, 9.17) is 22.8 Å². The summed E-state index contributed by atoms with van der Waals surface area (Å²) in [5.41, 5.74) is 2.09. The molecule has 176 valence electrons. The number of phenols is 1. The second-order valence-electron chi connectivity index (χ2n) is 8.93. The number of methoxy groups -OCH3 is 1. The molecule has 0 saturated carbocycles. The van der Waals surface area contributed by atoms with Crippen molar-refractivity contribution in [3.63, 3.8) is 0 Å². The summed E-state index contributed by atoms with van der Waals surface area (Å²) in [6.07, 6.45) is 7.90. The van der Waals surface area contributed by atoms with Gasteiger partial charge in [0.2, 0.25) is 0 Å². The van der Waals surface area contributed by atoms with Crippen molar-refractivity contribution < 1.29 is 14.2 Å². The standard InChI is InChI=1S/C26H21ClFN5O2/c1-3-17-20(28)7-4-13-8-16(34)9-18(22(13)17)19-10-21-23(31-24(19)27)25(32-26(30-21)35-2)33-11-14-5-6-15(12-33)29-14/h1,4,7-10,14-15,29,34H,5-6,11-12H2,2H3. The number of hydrogen-bond acceptors (Lipinski definition) is 7. The number of rotatable bonds is 3. The van der Waals surface area contributed by atoms with E-state index >= 15 is 0 Å². The fourth-order valence-electron chi connectivity index (χ4n) is 5.25. The first-order valence-corrected chi connectivity index (χ1v) is 11.7. The predicted octanol–water partition coefficient (Wildman–Crippen LogP) is 4.27. The molecule has 7 nitrogen and oxygen atoms in total. The topological polar surface area (TPSA) is 83.4 Å². The Morgan fingerprint density at radius 2 is 1.91 bits per heavy atom. The molecule has 4 aromatic rings. The Bertz CT molecular complexity index is 1540. The zero-order valence-electron chi connectivity index (χ0n) is 18.8. The van der Waals surface area contributed by atoms with Crippen LogP contribution in [0.3, 0.4) is 0 Å². The summed E-state index contributed by atoms with van der Waals surface area (Å²) in [6.45, 7) is 1.60. The van der Waals surface area contributed by atoms with Crippen molar-refractivity contribution in [1.82, 2.24) is 20.3 Å². The molecule has 2 fully saturated rings. The van der Waals surface area contributed by atoms with Crippen LogP contribution in [0.25, 0.3) is 32.9 Å². The minimum absolute atomic E-state index is 0.00417. The number of terminal acetylenes is 1. The van der Waals surface area contributed by atoms with Crippen LogP contribution in [0.2, 0.25) is 5.15 Å². The quantitative estimate of drug-likeness (QED) is 0.328. The monoisotopic (exact) mass is 489 g/mol. The Labute approximate surface area is 205 Å². The SMILES string of the molecule is C#Cc1c(F)ccc2cc(O)cc(-c3cc4nc(OC)nc(N5CC6CCC(C5)N6)c4nc3Cl)c12. The highest BCUT2D eigenvalue weighted by Crippen LogP contribution is 2.40. The van der Waals surface area contributed by atoms with Gasteiger partial charge in [-0.05, 0) is 48.1 Å². The number of nitrogens with one attached hydrogen (secondary N) is 1. The van der Waals surface area contributed by atoms with Crippen LogP contribution in [0.4, 0.5) is 10.2 Å². The lowest BCUT2D eigenvalue weighted by Crippen LogP contribution is -2.51. The van der Waals surface area contributed by atoms with E-state index in [9.17, 15) is 9.50 Å². The number of aromatic nitrogens is 3. The Kier molecular flexibility index (Phi) is 5.13. The number of nitrogens with zero attached hydrogens (tertiary/aromatic N) is 4. The van der Waals surface area contributed by atoms with Gasteiger partial charge in [0.1, 0.15) is 22.2 Å². The molecule has 2 aliphatic rings. The van der Waals surface area contributed by atoms with Crippen LogP contribution >= 0.6 is 11.6 Å². The lowest BCUT2D eigenvalue weighted by atomic mass is 9.94. The molecule has 2 saturated heterocycles. The largest absolute Gasteiger partial charge is 0.508 e. The van der Waals surface area contributed by atoms with Gasteiger partial charge in [-0.2, -0.15) is 9.97 Å². The second kappa shape index (κ2) is 8.22. The molecule has 0 spiro atoms. The fraction of sp³-hybridized carbons (Fsp3) is 0.269. The van der Waals surface area contributed by atoms with Gasteiger partial charge in [-0.15, -0.1) is 6.42 Å². The third kappa shape index (κ3) is 3.59. The van der Waals surface area contributed by atoms with Gasteiger partial charge < -0.3 is 20.1 Å². The van der Waals surface area contributed by atoms with Gasteiger partial charge in [-0.1, -0.05) is 23.6 Å². The molecule has 35 heavy (non-hydrogen) atoms. The van der Waals surface area contributed by atoms with E-state index in [-0.39, 0.29) is 22.5 Å². The number of pyridine rings is 1. The number of fused-ring (bicyclic) bond motifs is 4. The molecule has 2 atom stereocenters. The lowest BCUT2D eigenvalue weighted by Gasteiger charge is -2.34. The van der Waals surface area contributed by atoms with E-state index in [1.807, 2.05) is 0 Å². The van der Waals surface area contributed by atoms with Crippen molar-refractivity contribution in [3.8, 4) is 35.2 Å². The summed E-state index contributed by atoms with van der Waals surface area (Å²) in [7, 11) is 1.52. The average molecular weight is 490 g/mol. The van der Waals surface area contributed by atoms with Crippen molar-refractivity contribution in [3.05, 3.63) is 46.9 Å². The summed E-state index contributed by atoms with van der Waals surface area (Å²) in [4.78, 5) is 16.0. The molecule has 6 rings (SSSR count). The van der Waals surface area contributed by atoms with Crippen LogP contribution in [0.15, 0.2) is 30.3 Å². The first-order chi connectivity index (χ1) is 16.9. The number of anilines is 1. The molecule has 2 unspecified atom stereocenters. The van der Waals surface area contributed by atoms with Crippen molar-refractivity contribution in [1.29, 1.82) is 0 Å². The van der Waals surface area contributed by atoms with Gasteiger partial charge in [0.15, 0.2) is 5.82 Å². The van der Waals surface area contributed by atoms with Gasteiger partial charge >= 0.3 is 6.01 Å². The Morgan fingerprint density at radius 3 is 2.63 bits per heavy atom. The van der Waals surface area contributed by atoms with E-state index in [0.717, 1.165) is 25.9 Å². The van der Waals surface area contributed by atoms with E-state index in [2.05, 4.69) is 31.1 Å². The van der Waals surface area contributed by atoms with E-state index in [0.29, 0.717) is 50.8 Å². The number of piperazine rings is 1. The number of hydrogen-bond donors (Lipinski definition) is 2. The average Bonchev–Trinajstić information content (AvgIpc) is 3.20. The summed E-state index contributed by atoms with van der Waals surface area (Å²) in [5, 5.41) is 15.2. The number of phenolic OH excluding ortho intramolecular Hbond substituents is 1. The third-order valence-corrected chi connectivity index (χ3v) is 7.06. The minimum Gasteiger partial charge on any atom is -0.508 e. The molecule has 0 amide bonds. The van der Waals surface area contributed by atoms with Gasteiger partial charge in [0.25, 0.3) is 0 Å². The van der Waals surface area contributed by atoms with Crippen LogP contribution in [-0.2, 0) is 0 Å². The van der Waals surface area contributed by atoms with E-state index < -0.39 is 5.82 Å². The highest BCUT2D eigenvalue weighted by atomic mass is 35.5. The zero-order chi connectivity index (χ0) is 24.3. The van der Waals surface area contributed by atoms with Crippen LogP contribution in [0.1, 0.15) is 18.4 Å². The lowest BCUT2D eigenvalue weighted by molar-refractivity contribution is 0.380. The maximum atomic E-state index is 14.6. The first-order valence-electron chi connectivity index (χ1n) is 11.3. The van der Waals surface area contributed by atoms with Gasteiger partial charge in [0, 0.05) is 36.1 Å². The zero-order valence-corrected chi connectivity index (χ0v) is 19.6. The van der Waals surface area contributed by atoms with Crippen LogP contribution in [0, 0.1) is 18.2 Å². The maximum Gasteiger partial charge on any atom is 0.318 e. The van der Waals surface area contributed by atoms with Crippen molar-refractivity contribution in [2.24, 2.45) is 0 Å². The van der Waals surface area contributed by atoms with E-state index in [1.54, 1.807) is 12.1 Å². The minimum atomic E-state index is -0.531. The highest BCUT2D eigenvalue weighted by Gasteiger charge is 2.34. The van der Waals surface area contributed by atoms with Gasteiger partial charge in [-0.25, -0.2) is 9.37 Å². The number of aromatic hydroxyl groups is 1. The summed E-state index contributed by atoms with van der Waals surface area (Å²) in [5.74, 6) is 2.56. The molecule has 0 radical (unpaired) electrons. The number of ether oxygens (including phenoxy) is 1. The van der Waals surface area contributed by atoms with Crippen LogP contribution in [-0.4, -0.2) is 52.3 Å². The Morgan fingerprint density at radius 1 is 1.14 bits per heavy atom. The molecule has 2 N–H and O–H groups in total. The summed E-state index contributed by atoms with van der Waals surface area (Å²) >= 11 is 6.72. The van der Waals surface area contributed by atoms with Crippen LogP contribution < -0.4 is 15.0 Å². The number of halogens is 2. The molecule has 2 aromatic heterocycles. The molecular weight excluding hydrogens is 469 g/mol. The Balaban J connectivity index is 1.59. The molecule has 2 bridgehead atoms. The summed E-state index contributed by atoms with van der Waals surface area (Å²) in [6, 6.07) is 8.66. The smallest absolute Gasteiger partial charge is 0.318 e. The van der Waals surface area contributed by atoms with E-state index in [1.165, 1.54) is 25.3 Å².